The van der Waals surface area contributed by atoms with Crippen molar-refractivity contribution >= 4 is 11.8 Å². The van der Waals surface area contributed by atoms with Crippen molar-refractivity contribution in [3.63, 3.8) is 0 Å². The molecule has 0 bridgehead atoms. The third-order valence-electron chi connectivity index (χ3n) is 4.11. The zero-order valence-corrected chi connectivity index (χ0v) is 12.7. The van der Waals surface area contributed by atoms with Gasteiger partial charge in [0.15, 0.2) is 0 Å². The molecule has 1 saturated heterocycles. The van der Waals surface area contributed by atoms with Crippen molar-refractivity contribution in [2.75, 3.05) is 13.1 Å². The van der Waals surface area contributed by atoms with Gasteiger partial charge in [0.1, 0.15) is 23.0 Å². The minimum atomic E-state index is -0.405. The molecule has 3 heterocycles. The Hall–Kier alpha value is -3.01. The number of nitrogens with zero attached hydrogens (tertiary/aromatic N) is 3. The summed E-state index contributed by atoms with van der Waals surface area (Å²) in [6.07, 6.45) is 4.03. The predicted molar refractivity (Wildman–Crippen MR) is 80.7 cm³/mol. The van der Waals surface area contributed by atoms with E-state index in [0.717, 1.165) is 0 Å². The molecule has 0 aromatic carbocycles. The molecule has 0 aliphatic carbocycles. The van der Waals surface area contributed by atoms with Crippen LogP contribution in [0.1, 0.15) is 28.1 Å². The van der Waals surface area contributed by atoms with Crippen LogP contribution in [-0.2, 0) is 4.79 Å². The zero-order valence-electron chi connectivity index (χ0n) is 12.7. The van der Waals surface area contributed by atoms with Crippen LogP contribution in [0.4, 0.5) is 0 Å². The van der Waals surface area contributed by atoms with Crippen molar-refractivity contribution in [2.24, 2.45) is 11.7 Å². The summed E-state index contributed by atoms with van der Waals surface area (Å²) in [5.41, 5.74) is 5.75. The van der Waals surface area contributed by atoms with Gasteiger partial charge in [-0.25, -0.2) is 0 Å². The predicted octanol–water partition coefficient (Wildman–Crippen LogP) is 1.20. The first kappa shape index (κ1) is 14.9. The molecule has 3 rings (SSSR count). The number of furan rings is 1. The van der Waals surface area contributed by atoms with Gasteiger partial charge in [0, 0.05) is 25.5 Å². The van der Waals surface area contributed by atoms with Crippen molar-refractivity contribution in [3.8, 4) is 12.0 Å². The van der Waals surface area contributed by atoms with Gasteiger partial charge in [-0.2, -0.15) is 5.26 Å². The van der Waals surface area contributed by atoms with Gasteiger partial charge in [-0.3, -0.25) is 14.2 Å². The molecule has 2 aromatic rings. The van der Waals surface area contributed by atoms with Crippen molar-refractivity contribution in [1.29, 1.82) is 5.26 Å². The normalized spacial score (nSPS) is 17.2. The third kappa shape index (κ3) is 2.48. The SMILES string of the molecule is Cc1oc(-n2cccc2)c(C#N)c1C(=O)N1CCC(C(N)=O)C1. The molecule has 1 aliphatic heterocycles. The number of primary amides is 1. The molecule has 7 heteroatoms. The van der Waals surface area contributed by atoms with Gasteiger partial charge in [0.05, 0.1) is 5.92 Å². The summed E-state index contributed by atoms with van der Waals surface area (Å²) < 4.78 is 7.29. The van der Waals surface area contributed by atoms with E-state index in [1.807, 2.05) is 0 Å². The maximum absolute atomic E-state index is 12.8. The monoisotopic (exact) mass is 312 g/mol. The molecule has 2 aromatic heterocycles. The molecular formula is C16H16N4O3. The molecular weight excluding hydrogens is 296 g/mol. The van der Waals surface area contributed by atoms with E-state index in [0.29, 0.717) is 24.6 Å². The average Bonchev–Trinajstić information content (AvgIpc) is 3.25. The smallest absolute Gasteiger partial charge is 0.258 e. The molecule has 2 amide bonds. The molecule has 118 valence electrons. The van der Waals surface area contributed by atoms with Gasteiger partial charge >= 0.3 is 0 Å². The highest BCUT2D eigenvalue weighted by Crippen LogP contribution is 2.28. The third-order valence-corrected chi connectivity index (χ3v) is 4.11. The number of aryl methyl sites for hydroxylation is 1. The number of rotatable bonds is 3. The largest absolute Gasteiger partial charge is 0.443 e. The van der Waals surface area contributed by atoms with Gasteiger partial charge in [-0.05, 0) is 25.5 Å². The van der Waals surface area contributed by atoms with Crippen LogP contribution in [0.3, 0.4) is 0 Å². The van der Waals surface area contributed by atoms with Crippen LogP contribution in [0.2, 0.25) is 0 Å². The summed E-state index contributed by atoms with van der Waals surface area (Å²) >= 11 is 0. The van der Waals surface area contributed by atoms with E-state index in [-0.39, 0.29) is 29.5 Å². The summed E-state index contributed by atoms with van der Waals surface area (Å²) in [7, 11) is 0. The fourth-order valence-electron chi connectivity index (χ4n) is 2.88. The van der Waals surface area contributed by atoms with Crippen LogP contribution < -0.4 is 5.73 Å². The molecule has 1 fully saturated rings. The Kier molecular flexibility index (Phi) is 3.66. The van der Waals surface area contributed by atoms with E-state index in [1.165, 1.54) is 0 Å². The van der Waals surface area contributed by atoms with Crippen LogP contribution in [0.15, 0.2) is 28.9 Å². The van der Waals surface area contributed by atoms with Gasteiger partial charge in [0.2, 0.25) is 11.8 Å². The quantitative estimate of drug-likeness (QED) is 0.919. The number of likely N-dealkylation sites (tertiary alicyclic amines) is 1. The van der Waals surface area contributed by atoms with Crippen LogP contribution >= 0.6 is 0 Å². The first-order valence-electron chi connectivity index (χ1n) is 7.28. The summed E-state index contributed by atoms with van der Waals surface area (Å²) in [5, 5.41) is 9.48. The fourth-order valence-corrected chi connectivity index (χ4v) is 2.88. The van der Waals surface area contributed by atoms with E-state index in [2.05, 4.69) is 6.07 Å². The van der Waals surface area contributed by atoms with Gasteiger partial charge in [0.25, 0.3) is 5.91 Å². The lowest BCUT2D eigenvalue weighted by molar-refractivity contribution is -0.121. The second-order valence-corrected chi connectivity index (χ2v) is 5.55. The highest BCUT2D eigenvalue weighted by Gasteiger charge is 2.34. The second kappa shape index (κ2) is 5.65. The Morgan fingerprint density at radius 2 is 2.09 bits per heavy atom. The Morgan fingerprint density at radius 3 is 2.65 bits per heavy atom. The number of hydrogen-bond acceptors (Lipinski definition) is 4. The molecule has 0 saturated carbocycles. The van der Waals surface area contributed by atoms with Gasteiger partial charge in [-0.15, -0.1) is 0 Å². The maximum atomic E-state index is 12.8. The maximum Gasteiger partial charge on any atom is 0.258 e. The van der Waals surface area contributed by atoms with Crippen LogP contribution in [0.5, 0.6) is 0 Å². The summed E-state index contributed by atoms with van der Waals surface area (Å²) in [5.74, 6) is -0.329. The molecule has 23 heavy (non-hydrogen) atoms. The fraction of sp³-hybridized carbons (Fsp3) is 0.312. The first-order chi connectivity index (χ1) is 11.0. The number of carbonyl (C=O) groups excluding carboxylic acids is 2. The van der Waals surface area contributed by atoms with Crippen LogP contribution in [-0.4, -0.2) is 34.4 Å². The number of hydrogen-bond donors (Lipinski definition) is 1. The molecule has 0 radical (unpaired) electrons. The number of nitriles is 1. The zero-order chi connectivity index (χ0) is 16.6. The van der Waals surface area contributed by atoms with E-state index in [1.54, 1.807) is 40.9 Å². The van der Waals surface area contributed by atoms with E-state index < -0.39 is 5.91 Å². The number of carbonyl (C=O) groups is 2. The topological polar surface area (TPSA) is 105 Å². The molecule has 1 atom stereocenters. The highest BCUT2D eigenvalue weighted by molar-refractivity contribution is 5.99. The van der Waals surface area contributed by atoms with E-state index >= 15 is 0 Å². The average molecular weight is 312 g/mol. The molecule has 2 N–H and O–H groups in total. The van der Waals surface area contributed by atoms with Crippen molar-refractivity contribution in [2.45, 2.75) is 13.3 Å². The Bertz CT molecular complexity index is 798. The number of aromatic nitrogens is 1. The summed E-state index contributed by atoms with van der Waals surface area (Å²) in [4.78, 5) is 25.6. The highest BCUT2D eigenvalue weighted by atomic mass is 16.4. The summed E-state index contributed by atoms with van der Waals surface area (Å²) in [6.45, 7) is 2.38. The lowest BCUT2D eigenvalue weighted by Crippen LogP contribution is -2.32. The molecule has 7 nitrogen and oxygen atoms in total. The van der Waals surface area contributed by atoms with E-state index in [4.69, 9.17) is 10.2 Å². The first-order valence-corrected chi connectivity index (χ1v) is 7.28. The lowest BCUT2D eigenvalue weighted by Gasteiger charge is -2.15. The van der Waals surface area contributed by atoms with Crippen LogP contribution in [0, 0.1) is 24.2 Å². The molecule has 1 aliphatic rings. The van der Waals surface area contributed by atoms with Crippen molar-refractivity contribution in [3.05, 3.63) is 41.4 Å². The van der Waals surface area contributed by atoms with Crippen molar-refractivity contribution in [1.82, 2.24) is 9.47 Å². The summed E-state index contributed by atoms with van der Waals surface area (Å²) in [6, 6.07) is 5.67. The minimum Gasteiger partial charge on any atom is -0.443 e. The standard InChI is InChI=1S/C16H16N4O3/c1-10-13(15(22)20-7-4-11(9-20)14(18)21)12(8-17)16(23-10)19-5-2-3-6-19/h2-3,5-6,11H,4,7,9H2,1H3,(H2,18,21). The molecule has 1 unspecified atom stereocenters. The second-order valence-electron chi connectivity index (χ2n) is 5.55. The number of nitrogens with two attached hydrogens (primary N) is 1. The number of amides is 2. The van der Waals surface area contributed by atoms with Crippen LogP contribution in [0.25, 0.3) is 5.88 Å². The van der Waals surface area contributed by atoms with E-state index in [9.17, 15) is 14.9 Å². The Morgan fingerprint density at radius 1 is 1.39 bits per heavy atom. The molecule has 0 spiro atoms. The minimum absolute atomic E-state index is 0.200. The van der Waals surface area contributed by atoms with Gasteiger partial charge < -0.3 is 15.1 Å². The Labute approximate surface area is 132 Å². The Balaban J connectivity index is 1.96. The lowest BCUT2D eigenvalue weighted by atomic mass is 10.1. The van der Waals surface area contributed by atoms with Gasteiger partial charge in [-0.1, -0.05) is 0 Å². The van der Waals surface area contributed by atoms with Crippen molar-refractivity contribution < 1.29 is 14.0 Å².